The van der Waals surface area contributed by atoms with Crippen LogP contribution < -0.4 is 11.3 Å². The second-order valence-electron chi connectivity index (χ2n) is 4.67. The van der Waals surface area contributed by atoms with Crippen LogP contribution in [0.2, 0.25) is 0 Å². The molecule has 0 unspecified atom stereocenters. The molecule has 100 valence electrons. The van der Waals surface area contributed by atoms with Crippen LogP contribution in [-0.2, 0) is 6.54 Å². The van der Waals surface area contributed by atoms with Gasteiger partial charge in [-0.1, -0.05) is 0 Å². The maximum atomic E-state index is 11.3. The lowest BCUT2D eigenvalue weighted by Gasteiger charge is -2.29. The molecule has 2 heterocycles. The molecule has 6 nitrogen and oxygen atoms in total. The van der Waals surface area contributed by atoms with Gasteiger partial charge >= 0.3 is 5.91 Å². The van der Waals surface area contributed by atoms with E-state index in [0.29, 0.717) is 0 Å². The molecule has 1 aromatic heterocycles. The summed E-state index contributed by atoms with van der Waals surface area (Å²) < 4.78 is 5.36. The van der Waals surface area contributed by atoms with E-state index in [0.717, 1.165) is 43.8 Å². The summed E-state index contributed by atoms with van der Waals surface area (Å²) in [6, 6.07) is 1.72. The number of hydrazine groups is 1. The molecular formula is C12H19N3O3. The van der Waals surface area contributed by atoms with Gasteiger partial charge in [0, 0.05) is 25.2 Å². The molecule has 0 aliphatic carbocycles. The monoisotopic (exact) mass is 253 g/mol. The molecule has 1 aliphatic rings. The second-order valence-corrected chi connectivity index (χ2v) is 4.67. The smallest absolute Gasteiger partial charge is 0.300 e. The van der Waals surface area contributed by atoms with Crippen LogP contribution in [0, 0.1) is 6.92 Å². The summed E-state index contributed by atoms with van der Waals surface area (Å²) in [7, 11) is 0. The first-order valence-corrected chi connectivity index (χ1v) is 6.11. The van der Waals surface area contributed by atoms with Gasteiger partial charge in [0.1, 0.15) is 5.76 Å². The van der Waals surface area contributed by atoms with Gasteiger partial charge < -0.3 is 9.52 Å². The summed E-state index contributed by atoms with van der Waals surface area (Å²) >= 11 is 0. The summed E-state index contributed by atoms with van der Waals surface area (Å²) in [5.41, 5.74) is 3.04. The Kier molecular flexibility index (Phi) is 4.00. The molecule has 1 aromatic rings. The number of nitrogen functional groups attached to an aromatic ring is 1. The molecular weight excluding hydrogens is 234 g/mol. The number of aliphatic hydroxyl groups is 1. The molecule has 0 spiro atoms. The fraction of sp³-hybridized carbons (Fsp3) is 0.583. The molecule has 18 heavy (non-hydrogen) atoms. The standard InChI is InChI=1S/C12H19N3O3/c1-8-9(6-11(18-8)12(17)14-13)7-15-4-2-10(16)3-5-15/h6,10,16H,2-5,7,13H2,1H3,(H,14,17). The topological polar surface area (TPSA) is 91.7 Å². The lowest BCUT2D eigenvalue weighted by Crippen LogP contribution is -2.35. The summed E-state index contributed by atoms with van der Waals surface area (Å²) in [4.78, 5) is 13.6. The van der Waals surface area contributed by atoms with Crippen molar-refractivity contribution in [2.45, 2.75) is 32.4 Å². The van der Waals surface area contributed by atoms with Crippen LogP contribution in [0.1, 0.15) is 34.7 Å². The van der Waals surface area contributed by atoms with Gasteiger partial charge in [-0.15, -0.1) is 0 Å². The first-order valence-electron chi connectivity index (χ1n) is 6.11. The number of nitrogens with zero attached hydrogens (tertiary/aromatic N) is 1. The summed E-state index contributed by atoms with van der Waals surface area (Å²) in [5, 5.41) is 9.44. The van der Waals surface area contributed by atoms with E-state index in [1.165, 1.54) is 0 Å². The van der Waals surface area contributed by atoms with E-state index in [4.69, 9.17) is 10.3 Å². The Morgan fingerprint density at radius 3 is 2.89 bits per heavy atom. The highest BCUT2D eigenvalue weighted by Gasteiger charge is 2.20. The molecule has 2 rings (SSSR count). The Hall–Kier alpha value is -1.37. The highest BCUT2D eigenvalue weighted by atomic mass is 16.4. The molecule has 1 amide bonds. The maximum absolute atomic E-state index is 11.3. The third-order valence-corrected chi connectivity index (χ3v) is 3.33. The van der Waals surface area contributed by atoms with E-state index in [2.05, 4.69) is 10.3 Å². The van der Waals surface area contributed by atoms with Crippen molar-refractivity contribution in [3.05, 3.63) is 23.2 Å². The minimum Gasteiger partial charge on any atom is -0.456 e. The number of likely N-dealkylation sites (tertiary alicyclic amines) is 1. The number of rotatable bonds is 3. The average molecular weight is 253 g/mol. The van der Waals surface area contributed by atoms with Crippen molar-refractivity contribution < 1.29 is 14.3 Å². The minimum absolute atomic E-state index is 0.176. The van der Waals surface area contributed by atoms with Gasteiger partial charge in [0.2, 0.25) is 0 Å². The minimum atomic E-state index is -0.418. The number of carbonyl (C=O) groups is 1. The normalized spacial score (nSPS) is 17.9. The number of nitrogens with one attached hydrogen (secondary N) is 1. The number of piperidine rings is 1. The van der Waals surface area contributed by atoms with Crippen molar-refractivity contribution in [3.63, 3.8) is 0 Å². The van der Waals surface area contributed by atoms with Crippen LogP contribution in [-0.4, -0.2) is 35.1 Å². The molecule has 6 heteroatoms. The highest BCUT2D eigenvalue weighted by molar-refractivity contribution is 5.91. The predicted molar refractivity (Wildman–Crippen MR) is 65.6 cm³/mol. The number of amides is 1. The summed E-state index contributed by atoms with van der Waals surface area (Å²) in [5.74, 6) is 5.62. The van der Waals surface area contributed by atoms with Crippen LogP contribution in [0.3, 0.4) is 0 Å². The van der Waals surface area contributed by atoms with Crippen LogP contribution in [0.5, 0.6) is 0 Å². The number of aliphatic hydroxyl groups excluding tert-OH is 1. The number of nitrogens with two attached hydrogens (primary N) is 1. The van der Waals surface area contributed by atoms with E-state index in [9.17, 15) is 9.90 Å². The predicted octanol–water partition coefficient (Wildman–Crippen LogP) is 0.148. The summed E-state index contributed by atoms with van der Waals surface area (Å²) in [6.07, 6.45) is 1.42. The van der Waals surface area contributed by atoms with E-state index < -0.39 is 5.91 Å². The van der Waals surface area contributed by atoms with Crippen LogP contribution >= 0.6 is 0 Å². The van der Waals surface area contributed by atoms with E-state index in [-0.39, 0.29) is 11.9 Å². The Morgan fingerprint density at radius 1 is 1.61 bits per heavy atom. The van der Waals surface area contributed by atoms with Crippen molar-refractivity contribution in [2.75, 3.05) is 13.1 Å². The average Bonchev–Trinajstić information content (AvgIpc) is 2.73. The molecule has 1 saturated heterocycles. The second kappa shape index (κ2) is 5.51. The zero-order chi connectivity index (χ0) is 13.1. The van der Waals surface area contributed by atoms with Crippen molar-refractivity contribution in [1.82, 2.24) is 10.3 Å². The Bertz CT molecular complexity index is 422. The molecule has 0 radical (unpaired) electrons. The van der Waals surface area contributed by atoms with Crippen LogP contribution in [0.15, 0.2) is 10.5 Å². The van der Waals surface area contributed by atoms with Crippen molar-refractivity contribution >= 4 is 5.91 Å². The van der Waals surface area contributed by atoms with Gasteiger partial charge in [0.25, 0.3) is 0 Å². The highest BCUT2D eigenvalue weighted by Crippen LogP contribution is 2.19. The number of hydrogen-bond donors (Lipinski definition) is 3. The zero-order valence-corrected chi connectivity index (χ0v) is 10.5. The largest absolute Gasteiger partial charge is 0.456 e. The number of aryl methyl sites for hydroxylation is 1. The molecule has 1 fully saturated rings. The number of carbonyl (C=O) groups excluding carboxylic acids is 1. The van der Waals surface area contributed by atoms with Crippen molar-refractivity contribution in [3.8, 4) is 0 Å². The fourth-order valence-corrected chi connectivity index (χ4v) is 2.18. The molecule has 0 aromatic carbocycles. The Balaban J connectivity index is 2.01. The number of furan rings is 1. The Labute approximate surface area is 106 Å². The molecule has 0 atom stereocenters. The van der Waals surface area contributed by atoms with Gasteiger partial charge in [-0.2, -0.15) is 0 Å². The van der Waals surface area contributed by atoms with Gasteiger partial charge in [0.05, 0.1) is 6.10 Å². The molecule has 1 aliphatic heterocycles. The van der Waals surface area contributed by atoms with Crippen LogP contribution in [0.25, 0.3) is 0 Å². The third kappa shape index (κ3) is 2.90. The van der Waals surface area contributed by atoms with Gasteiger partial charge in [0.15, 0.2) is 5.76 Å². The maximum Gasteiger partial charge on any atom is 0.300 e. The van der Waals surface area contributed by atoms with Gasteiger partial charge in [-0.25, -0.2) is 5.84 Å². The van der Waals surface area contributed by atoms with E-state index in [1.807, 2.05) is 6.92 Å². The lowest BCUT2D eigenvalue weighted by molar-refractivity contribution is 0.0790. The van der Waals surface area contributed by atoms with E-state index in [1.54, 1.807) is 6.07 Å². The van der Waals surface area contributed by atoms with Gasteiger partial charge in [-0.05, 0) is 25.8 Å². The lowest BCUT2D eigenvalue weighted by atomic mass is 10.1. The molecule has 4 N–H and O–H groups in total. The molecule has 0 bridgehead atoms. The quantitative estimate of drug-likeness (QED) is 0.405. The molecule has 0 saturated carbocycles. The fourth-order valence-electron chi connectivity index (χ4n) is 2.18. The summed E-state index contributed by atoms with van der Waals surface area (Å²) in [6.45, 7) is 4.30. The first-order chi connectivity index (χ1) is 8.60. The van der Waals surface area contributed by atoms with Gasteiger partial charge in [-0.3, -0.25) is 15.1 Å². The Morgan fingerprint density at radius 2 is 2.28 bits per heavy atom. The zero-order valence-electron chi connectivity index (χ0n) is 10.5. The van der Waals surface area contributed by atoms with E-state index >= 15 is 0 Å². The SMILES string of the molecule is Cc1oc(C(=O)NN)cc1CN1CCC(O)CC1. The number of hydrogen-bond acceptors (Lipinski definition) is 5. The van der Waals surface area contributed by atoms with Crippen molar-refractivity contribution in [2.24, 2.45) is 5.84 Å². The third-order valence-electron chi connectivity index (χ3n) is 3.33. The van der Waals surface area contributed by atoms with Crippen molar-refractivity contribution in [1.29, 1.82) is 0 Å². The first kappa shape index (κ1) is 13.1. The van der Waals surface area contributed by atoms with Crippen LogP contribution in [0.4, 0.5) is 0 Å².